The number of aromatic nitrogens is 3. The second-order valence-corrected chi connectivity index (χ2v) is 6.03. The highest BCUT2D eigenvalue weighted by atomic mass is 79.9. The lowest BCUT2D eigenvalue weighted by Gasteiger charge is -2.17. The lowest BCUT2D eigenvalue weighted by molar-refractivity contribution is 0.459. The zero-order valence-electron chi connectivity index (χ0n) is 11.8. The average molecular weight is 338 g/mol. The van der Waals surface area contributed by atoms with Crippen molar-refractivity contribution in [3.63, 3.8) is 0 Å². The Morgan fingerprint density at radius 2 is 1.95 bits per heavy atom. The molecule has 5 nitrogen and oxygen atoms in total. The van der Waals surface area contributed by atoms with Gasteiger partial charge in [0.05, 0.1) is 0 Å². The second-order valence-electron chi connectivity index (χ2n) is 5.11. The fourth-order valence-corrected chi connectivity index (χ4v) is 2.43. The fourth-order valence-electron chi connectivity index (χ4n) is 2.17. The van der Waals surface area contributed by atoms with Crippen LogP contribution in [0.25, 0.3) is 0 Å². The van der Waals surface area contributed by atoms with E-state index in [1.54, 1.807) is 6.33 Å². The number of halogens is 1. The van der Waals surface area contributed by atoms with Gasteiger partial charge in [-0.3, -0.25) is 11.3 Å². The summed E-state index contributed by atoms with van der Waals surface area (Å²) in [7, 11) is 0. The fraction of sp³-hybridized carbons (Fsp3) is 0.429. The van der Waals surface area contributed by atoms with E-state index in [2.05, 4.69) is 57.4 Å². The molecule has 0 bridgehead atoms. The maximum atomic E-state index is 5.68. The normalized spacial score (nSPS) is 12.8. The van der Waals surface area contributed by atoms with Crippen molar-refractivity contribution in [1.29, 1.82) is 0 Å². The van der Waals surface area contributed by atoms with Gasteiger partial charge < -0.3 is 0 Å². The van der Waals surface area contributed by atoms with Crippen molar-refractivity contribution >= 4 is 15.9 Å². The van der Waals surface area contributed by atoms with Gasteiger partial charge in [-0.1, -0.05) is 28.1 Å². The molecule has 0 saturated carbocycles. The van der Waals surface area contributed by atoms with Gasteiger partial charge in [-0.25, -0.2) is 9.67 Å². The number of hydrogen-bond acceptors (Lipinski definition) is 4. The molecule has 1 aromatic carbocycles. The minimum Gasteiger partial charge on any atom is -0.271 e. The van der Waals surface area contributed by atoms with E-state index in [9.17, 15) is 0 Å². The quantitative estimate of drug-likeness (QED) is 0.626. The molecule has 0 saturated heterocycles. The Labute approximate surface area is 127 Å². The second kappa shape index (κ2) is 6.97. The third-order valence-electron chi connectivity index (χ3n) is 3.20. The number of rotatable bonds is 6. The van der Waals surface area contributed by atoms with E-state index >= 15 is 0 Å². The number of hydrogen-bond donors (Lipinski definition) is 2. The van der Waals surface area contributed by atoms with Crippen LogP contribution in [0.5, 0.6) is 0 Å². The standard InChI is InChI=1S/C14H20BrN5/c1-10(2)20-14(17-9-18-20)8-13(19-16)7-11-3-5-12(15)6-4-11/h3-6,9-10,13,19H,7-8,16H2,1-2H3. The van der Waals surface area contributed by atoms with E-state index < -0.39 is 0 Å². The smallest absolute Gasteiger partial charge is 0.138 e. The van der Waals surface area contributed by atoms with E-state index in [4.69, 9.17) is 5.84 Å². The summed E-state index contributed by atoms with van der Waals surface area (Å²) < 4.78 is 3.02. The van der Waals surface area contributed by atoms with Crippen LogP contribution in [-0.4, -0.2) is 20.8 Å². The minimum absolute atomic E-state index is 0.137. The average Bonchev–Trinajstić information content (AvgIpc) is 2.88. The number of nitrogens with one attached hydrogen (secondary N) is 1. The highest BCUT2D eigenvalue weighted by molar-refractivity contribution is 9.10. The molecule has 0 aliphatic rings. The van der Waals surface area contributed by atoms with Gasteiger partial charge in [0.1, 0.15) is 12.2 Å². The molecule has 3 N–H and O–H groups in total. The lowest BCUT2D eigenvalue weighted by Crippen LogP contribution is -2.39. The Hall–Kier alpha value is -1.24. The van der Waals surface area contributed by atoms with Crippen molar-refractivity contribution in [1.82, 2.24) is 20.2 Å². The van der Waals surface area contributed by atoms with Crippen LogP contribution in [0.2, 0.25) is 0 Å². The molecule has 0 radical (unpaired) electrons. The summed E-state index contributed by atoms with van der Waals surface area (Å²) in [4.78, 5) is 4.33. The Morgan fingerprint density at radius 3 is 2.55 bits per heavy atom. The molecule has 0 aliphatic heterocycles. The first-order valence-electron chi connectivity index (χ1n) is 6.69. The molecule has 0 fully saturated rings. The third kappa shape index (κ3) is 3.88. The van der Waals surface area contributed by atoms with E-state index in [1.807, 2.05) is 16.8 Å². The maximum absolute atomic E-state index is 5.68. The van der Waals surface area contributed by atoms with Crippen molar-refractivity contribution in [2.45, 2.75) is 38.8 Å². The molecule has 2 aromatic rings. The monoisotopic (exact) mass is 337 g/mol. The maximum Gasteiger partial charge on any atom is 0.138 e. The Balaban J connectivity index is 2.05. The highest BCUT2D eigenvalue weighted by Gasteiger charge is 2.14. The Morgan fingerprint density at radius 1 is 1.25 bits per heavy atom. The van der Waals surface area contributed by atoms with Crippen molar-refractivity contribution < 1.29 is 0 Å². The van der Waals surface area contributed by atoms with E-state index in [0.29, 0.717) is 6.04 Å². The lowest BCUT2D eigenvalue weighted by atomic mass is 10.0. The molecule has 2 rings (SSSR count). The van der Waals surface area contributed by atoms with Gasteiger partial charge in [0.15, 0.2) is 0 Å². The minimum atomic E-state index is 0.137. The first-order chi connectivity index (χ1) is 9.60. The zero-order chi connectivity index (χ0) is 14.5. The predicted octanol–water partition coefficient (Wildman–Crippen LogP) is 2.24. The summed E-state index contributed by atoms with van der Waals surface area (Å²) in [5, 5.41) is 4.25. The van der Waals surface area contributed by atoms with Crippen molar-refractivity contribution in [3.8, 4) is 0 Å². The SMILES string of the molecule is CC(C)n1ncnc1CC(Cc1ccc(Br)cc1)NN. The van der Waals surface area contributed by atoms with Gasteiger partial charge >= 0.3 is 0 Å². The van der Waals surface area contributed by atoms with Crippen LogP contribution >= 0.6 is 15.9 Å². The van der Waals surface area contributed by atoms with E-state index in [0.717, 1.165) is 23.1 Å². The molecular formula is C14H20BrN5. The summed E-state index contributed by atoms with van der Waals surface area (Å²) in [6.07, 6.45) is 3.21. The summed E-state index contributed by atoms with van der Waals surface area (Å²) >= 11 is 3.44. The summed E-state index contributed by atoms with van der Waals surface area (Å²) in [5.74, 6) is 6.63. The number of nitrogens with zero attached hydrogens (tertiary/aromatic N) is 3. The largest absolute Gasteiger partial charge is 0.271 e. The summed E-state index contributed by atoms with van der Waals surface area (Å²) in [6, 6.07) is 8.72. The topological polar surface area (TPSA) is 68.8 Å². The molecule has 0 amide bonds. The van der Waals surface area contributed by atoms with Crippen LogP contribution in [0, 0.1) is 0 Å². The molecule has 20 heavy (non-hydrogen) atoms. The molecule has 6 heteroatoms. The van der Waals surface area contributed by atoms with Gasteiger partial charge in [0, 0.05) is 23.0 Å². The molecule has 0 aliphatic carbocycles. The van der Waals surface area contributed by atoms with Gasteiger partial charge in [0.25, 0.3) is 0 Å². The van der Waals surface area contributed by atoms with Crippen LogP contribution in [0.1, 0.15) is 31.3 Å². The Kier molecular flexibility index (Phi) is 5.28. The van der Waals surface area contributed by atoms with Crippen LogP contribution in [0.15, 0.2) is 35.1 Å². The molecule has 0 spiro atoms. The van der Waals surface area contributed by atoms with Crippen LogP contribution in [-0.2, 0) is 12.8 Å². The predicted molar refractivity (Wildman–Crippen MR) is 83.1 cm³/mol. The third-order valence-corrected chi connectivity index (χ3v) is 3.73. The van der Waals surface area contributed by atoms with Crippen LogP contribution in [0.3, 0.4) is 0 Å². The van der Waals surface area contributed by atoms with Crippen LogP contribution in [0.4, 0.5) is 0 Å². The molecule has 1 aromatic heterocycles. The van der Waals surface area contributed by atoms with Gasteiger partial charge in [-0.05, 0) is 38.0 Å². The summed E-state index contributed by atoms with van der Waals surface area (Å²) in [6.45, 7) is 4.19. The van der Waals surface area contributed by atoms with Gasteiger partial charge in [0.2, 0.25) is 0 Å². The van der Waals surface area contributed by atoms with Gasteiger partial charge in [-0.15, -0.1) is 0 Å². The first kappa shape index (κ1) is 15.2. The van der Waals surface area contributed by atoms with E-state index in [1.165, 1.54) is 5.56 Å². The molecule has 1 heterocycles. The van der Waals surface area contributed by atoms with Crippen molar-refractivity contribution in [3.05, 3.63) is 46.5 Å². The molecule has 1 unspecified atom stereocenters. The zero-order valence-corrected chi connectivity index (χ0v) is 13.3. The Bertz CT molecular complexity index is 535. The number of nitrogens with two attached hydrogens (primary N) is 1. The van der Waals surface area contributed by atoms with Crippen molar-refractivity contribution in [2.24, 2.45) is 5.84 Å². The molecule has 108 valence electrons. The molecular weight excluding hydrogens is 318 g/mol. The number of benzene rings is 1. The van der Waals surface area contributed by atoms with Gasteiger partial charge in [-0.2, -0.15) is 5.10 Å². The first-order valence-corrected chi connectivity index (χ1v) is 7.48. The molecule has 1 atom stereocenters. The summed E-state index contributed by atoms with van der Waals surface area (Å²) in [5.41, 5.74) is 4.12. The van der Waals surface area contributed by atoms with E-state index in [-0.39, 0.29) is 6.04 Å². The highest BCUT2D eigenvalue weighted by Crippen LogP contribution is 2.14. The van der Waals surface area contributed by atoms with Crippen molar-refractivity contribution in [2.75, 3.05) is 0 Å². The van der Waals surface area contributed by atoms with Crippen LogP contribution < -0.4 is 11.3 Å². The number of hydrazine groups is 1.